The summed E-state index contributed by atoms with van der Waals surface area (Å²) < 4.78 is 5.10. The van der Waals surface area contributed by atoms with Crippen LogP contribution in [0.15, 0.2) is 48.5 Å². The summed E-state index contributed by atoms with van der Waals surface area (Å²) in [6, 6.07) is 13.6. The molecule has 172 valence electrons. The van der Waals surface area contributed by atoms with Crippen molar-refractivity contribution >= 4 is 34.6 Å². The summed E-state index contributed by atoms with van der Waals surface area (Å²) in [6.07, 6.45) is -0.227. The van der Waals surface area contributed by atoms with Crippen LogP contribution in [0.3, 0.4) is 0 Å². The summed E-state index contributed by atoms with van der Waals surface area (Å²) in [4.78, 5) is 51.5. The smallest absolute Gasteiger partial charge is 0.325 e. The van der Waals surface area contributed by atoms with E-state index in [0.29, 0.717) is 18.1 Å². The second-order valence-corrected chi connectivity index (χ2v) is 8.06. The molecule has 1 aromatic heterocycles. The lowest BCUT2D eigenvalue weighted by molar-refractivity contribution is -0.146. The van der Waals surface area contributed by atoms with Crippen LogP contribution in [0, 0.1) is 0 Å². The zero-order chi connectivity index (χ0) is 23.5. The van der Waals surface area contributed by atoms with Gasteiger partial charge in [-0.1, -0.05) is 30.3 Å². The van der Waals surface area contributed by atoms with E-state index in [1.54, 1.807) is 27.1 Å². The molecule has 9 nitrogen and oxygen atoms in total. The number of aromatic nitrogens is 2. The minimum Gasteiger partial charge on any atom is -0.466 e. The second-order valence-electron chi connectivity index (χ2n) is 8.06. The summed E-state index contributed by atoms with van der Waals surface area (Å²) >= 11 is 0. The average molecular weight is 450 g/mol. The van der Waals surface area contributed by atoms with Crippen molar-refractivity contribution in [3.05, 3.63) is 59.9 Å². The third kappa shape index (κ3) is 4.52. The molecule has 1 aliphatic rings. The van der Waals surface area contributed by atoms with Gasteiger partial charge in [-0.15, -0.1) is 0 Å². The minimum atomic E-state index is -1.01. The number of rotatable bonds is 5. The Kier molecular flexibility index (Phi) is 6.30. The maximum atomic E-state index is 13.7. The molecule has 2 heterocycles. The molecular weight excluding hydrogens is 422 g/mol. The van der Waals surface area contributed by atoms with Gasteiger partial charge in [-0.2, -0.15) is 0 Å². The summed E-state index contributed by atoms with van der Waals surface area (Å²) in [6.45, 7) is 2.46. The molecular formula is C24H27N5O4. The van der Waals surface area contributed by atoms with E-state index >= 15 is 0 Å². The highest BCUT2D eigenvalue weighted by Crippen LogP contribution is 2.30. The zero-order valence-corrected chi connectivity index (χ0v) is 18.9. The number of urea groups is 1. The average Bonchev–Trinajstić information content (AvgIpc) is 3.17. The highest BCUT2D eigenvalue weighted by atomic mass is 16.5. The highest BCUT2D eigenvalue weighted by molar-refractivity contribution is 6.03. The standard InChI is InChI=1S/C24H27N5O4/c1-4-33-22(30)13-20-23(31)27(2)14-16-9-5-8-12-19(16)29(20)24(32)28(3)15-21-25-17-10-6-7-11-18(17)26-21/h5-12,20H,4,13-15H2,1-3H3,(H,25,26). The number of fused-ring (bicyclic) bond motifs is 2. The molecule has 9 heteroatoms. The van der Waals surface area contributed by atoms with Crippen LogP contribution in [0.4, 0.5) is 10.5 Å². The Hall–Kier alpha value is -3.88. The molecule has 2 aromatic carbocycles. The number of H-pyrrole nitrogens is 1. The van der Waals surface area contributed by atoms with Crippen LogP contribution in [0.1, 0.15) is 24.7 Å². The number of nitrogens with one attached hydrogen (secondary N) is 1. The maximum absolute atomic E-state index is 13.7. The van der Waals surface area contributed by atoms with Gasteiger partial charge in [0.05, 0.1) is 36.3 Å². The van der Waals surface area contributed by atoms with E-state index in [1.807, 2.05) is 42.5 Å². The number of nitrogens with zero attached hydrogens (tertiary/aromatic N) is 4. The summed E-state index contributed by atoms with van der Waals surface area (Å²) in [5.74, 6) is -0.216. The molecule has 0 fully saturated rings. The lowest BCUT2D eigenvalue weighted by Crippen LogP contribution is -2.53. The van der Waals surface area contributed by atoms with Gasteiger partial charge in [-0.05, 0) is 30.7 Å². The van der Waals surface area contributed by atoms with Gasteiger partial charge in [0, 0.05) is 20.6 Å². The molecule has 1 N–H and O–H groups in total. The summed E-state index contributed by atoms with van der Waals surface area (Å²) in [7, 11) is 3.32. The quantitative estimate of drug-likeness (QED) is 0.604. The van der Waals surface area contributed by atoms with Crippen LogP contribution in [0.25, 0.3) is 11.0 Å². The van der Waals surface area contributed by atoms with Crippen LogP contribution >= 0.6 is 0 Å². The van der Waals surface area contributed by atoms with E-state index in [4.69, 9.17) is 4.74 Å². The number of aromatic amines is 1. The van der Waals surface area contributed by atoms with E-state index in [9.17, 15) is 14.4 Å². The number of hydrogen-bond donors (Lipinski definition) is 1. The van der Waals surface area contributed by atoms with Crippen molar-refractivity contribution in [2.45, 2.75) is 32.5 Å². The van der Waals surface area contributed by atoms with Crippen molar-refractivity contribution in [1.29, 1.82) is 0 Å². The molecule has 1 aliphatic heterocycles. The summed E-state index contributed by atoms with van der Waals surface area (Å²) in [5.41, 5.74) is 3.12. The number of para-hydroxylation sites is 3. The van der Waals surface area contributed by atoms with Crippen LogP contribution < -0.4 is 4.90 Å². The number of ether oxygens (including phenoxy) is 1. The van der Waals surface area contributed by atoms with Crippen LogP contribution in [-0.4, -0.2) is 64.4 Å². The van der Waals surface area contributed by atoms with Crippen molar-refractivity contribution in [2.75, 3.05) is 25.6 Å². The van der Waals surface area contributed by atoms with E-state index < -0.39 is 18.0 Å². The van der Waals surface area contributed by atoms with Gasteiger partial charge in [0.1, 0.15) is 11.9 Å². The fourth-order valence-corrected chi connectivity index (χ4v) is 4.10. The molecule has 3 amide bonds. The first kappa shape index (κ1) is 22.3. The molecule has 33 heavy (non-hydrogen) atoms. The monoisotopic (exact) mass is 449 g/mol. The molecule has 0 saturated heterocycles. The van der Waals surface area contributed by atoms with Crippen LogP contribution in [-0.2, 0) is 27.4 Å². The van der Waals surface area contributed by atoms with Crippen molar-refractivity contribution in [1.82, 2.24) is 19.8 Å². The maximum Gasteiger partial charge on any atom is 0.325 e. The van der Waals surface area contributed by atoms with E-state index in [2.05, 4.69) is 9.97 Å². The second kappa shape index (κ2) is 9.32. The number of anilines is 1. The molecule has 0 radical (unpaired) electrons. The van der Waals surface area contributed by atoms with E-state index in [1.165, 1.54) is 14.7 Å². The normalized spacial score (nSPS) is 15.8. The minimum absolute atomic E-state index is 0.200. The van der Waals surface area contributed by atoms with Gasteiger partial charge in [-0.3, -0.25) is 14.5 Å². The van der Waals surface area contributed by atoms with Gasteiger partial charge < -0.3 is 19.5 Å². The molecule has 0 saturated carbocycles. The number of hydrogen-bond acceptors (Lipinski definition) is 5. The number of esters is 1. The van der Waals surface area contributed by atoms with E-state index in [0.717, 1.165) is 16.6 Å². The Labute approximate surface area is 191 Å². The first-order chi connectivity index (χ1) is 15.9. The summed E-state index contributed by atoms with van der Waals surface area (Å²) in [5, 5.41) is 0. The molecule has 4 rings (SSSR count). The van der Waals surface area contributed by atoms with Gasteiger partial charge in [0.25, 0.3) is 0 Å². The Balaban J connectivity index is 1.68. The Morgan fingerprint density at radius 1 is 1.18 bits per heavy atom. The third-order valence-electron chi connectivity index (χ3n) is 5.65. The number of imidazole rings is 1. The van der Waals surface area contributed by atoms with Crippen molar-refractivity contribution in [2.24, 2.45) is 0 Å². The fraction of sp³-hybridized carbons (Fsp3) is 0.333. The van der Waals surface area contributed by atoms with Crippen LogP contribution in [0.2, 0.25) is 0 Å². The lowest BCUT2D eigenvalue weighted by atomic mass is 10.1. The van der Waals surface area contributed by atoms with Crippen molar-refractivity contribution in [3.63, 3.8) is 0 Å². The Morgan fingerprint density at radius 3 is 2.67 bits per heavy atom. The molecule has 1 unspecified atom stereocenters. The van der Waals surface area contributed by atoms with Crippen molar-refractivity contribution in [3.8, 4) is 0 Å². The molecule has 1 atom stereocenters. The largest absolute Gasteiger partial charge is 0.466 e. The zero-order valence-electron chi connectivity index (χ0n) is 18.9. The first-order valence-corrected chi connectivity index (χ1v) is 10.9. The molecule has 0 bridgehead atoms. The van der Waals surface area contributed by atoms with Gasteiger partial charge in [0.15, 0.2) is 0 Å². The number of amides is 3. The van der Waals surface area contributed by atoms with Gasteiger partial charge >= 0.3 is 12.0 Å². The van der Waals surface area contributed by atoms with Crippen molar-refractivity contribution < 1.29 is 19.1 Å². The van der Waals surface area contributed by atoms with E-state index in [-0.39, 0.29) is 25.5 Å². The number of benzene rings is 2. The molecule has 0 spiro atoms. The Bertz CT molecular complexity index is 1160. The van der Waals surface area contributed by atoms with Gasteiger partial charge in [0.2, 0.25) is 5.91 Å². The highest BCUT2D eigenvalue weighted by Gasteiger charge is 2.40. The third-order valence-corrected chi connectivity index (χ3v) is 5.65. The number of carbonyl (C=O) groups excluding carboxylic acids is 3. The topological polar surface area (TPSA) is 98.8 Å². The molecule has 3 aromatic rings. The Morgan fingerprint density at radius 2 is 1.91 bits per heavy atom. The molecule has 0 aliphatic carbocycles. The first-order valence-electron chi connectivity index (χ1n) is 10.9. The predicted molar refractivity (Wildman–Crippen MR) is 123 cm³/mol. The fourth-order valence-electron chi connectivity index (χ4n) is 4.10. The number of likely N-dealkylation sites (N-methyl/N-ethyl adjacent to an activating group) is 1. The van der Waals surface area contributed by atoms with Gasteiger partial charge in [-0.25, -0.2) is 9.78 Å². The number of carbonyl (C=O) groups is 3. The van der Waals surface area contributed by atoms with Crippen LogP contribution in [0.5, 0.6) is 0 Å². The lowest BCUT2D eigenvalue weighted by Gasteiger charge is -2.33. The predicted octanol–water partition coefficient (Wildman–Crippen LogP) is 2.92. The SMILES string of the molecule is CCOC(=O)CC1C(=O)N(C)Cc2ccccc2N1C(=O)N(C)Cc1nc2ccccc2[nH]1.